The van der Waals surface area contributed by atoms with E-state index >= 15 is 0 Å². The molecule has 1 aromatic rings. The number of thioether (sulfide) groups is 1. The van der Waals surface area contributed by atoms with Crippen molar-refractivity contribution in [1.82, 2.24) is 4.98 Å². The first-order valence-corrected chi connectivity index (χ1v) is 6.82. The molecule has 0 spiro atoms. The second-order valence-corrected chi connectivity index (χ2v) is 6.10. The maximum absolute atomic E-state index is 11.9. The standard InChI is InChI=1S/C11H11BrN2O2S/c1-7(15)17-8-4-11(16)14(6-8)10-2-3-13-5-9(10)12/h2-3,5,8H,4,6H2,1H3. The molecule has 1 aliphatic heterocycles. The van der Waals surface area contributed by atoms with Crippen molar-refractivity contribution in [2.45, 2.75) is 18.6 Å². The number of amides is 1. The molecule has 0 aliphatic carbocycles. The Hall–Kier alpha value is -0.880. The quantitative estimate of drug-likeness (QED) is 0.840. The topological polar surface area (TPSA) is 50.3 Å². The van der Waals surface area contributed by atoms with E-state index in [4.69, 9.17) is 0 Å². The van der Waals surface area contributed by atoms with Gasteiger partial charge in [-0.2, -0.15) is 0 Å². The van der Waals surface area contributed by atoms with Crippen LogP contribution in [0.4, 0.5) is 5.69 Å². The lowest BCUT2D eigenvalue weighted by molar-refractivity contribution is -0.117. The van der Waals surface area contributed by atoms with Gasteiger partial charge in [-0.15, -0.1) is 0 Å². The van der Waals surface area contributed by atoms with Crippen LogP contribution in [0.25, 0.3) is 0 Å². The largest absolute Gasteiger partial charge is 0.310 e. The van der Waals surface area contributed by atoms with Crippen LogP contribution in [-0.2, 0) is 9.59 Å². The highest BCUT2D eigenvalue weighted by Crippen LogP contribution is 2.32. The smallest absolute Gasteiger partial charge is 0.228 e. The molecule has 1 aliphatic rings. The Bertz CT molecular complexity index is 467. The Labute approximate surface area is 112 Å². The molecule has 90 valence electrons. The normalized spacial score (nSPS) is 19.8. The van der Waals surface area contributed by atoms with Gasteiger partial charge >= 0.3 is 0 Å². The maximum atomic E-state index is 11.9. The molecule has 0 aromatic carbocycles. The minimum Gasteiger partial charge on any atom is -0.310 e. The van der Waals surface area contributed by atoms with Crippen LogP contribution in [0.15, 0.2) is 22.9 Å². The van der Waals surface area contributed by atoms with Crippen molar-refractivity contribution in [2.75, 3.05) is 11.4 Å². The zero-order valence-corrected chi connectivity index (χ0v) is 11.6. The van der Waals surface area contributed by atoms with Crippen LogP contribution in [-0.4, -0.2) is 27.8 Å². The van der Waals surface area contributed by atoms with Gasteiger partial charge in [-0.3, -0.25) is 14.6 Å². The molecule has 1 atom stereocenters. The number of rotatable bonds is 2. The summed E-state index contributed by atoms with van der Waals surface area (Å²) in [4.78, 5) is 28.6. The Morgan fingerprint density at radius 2 is 2.41 bits per heavy atom. The van der Waals surface area contributed by atoms with Crippen molar-refractivity contribution in [3.05, 3.63) is 22.9 Å². The van der Waals surface area contributed by atoms with E-state index in [0.717, 1.165) is 10.2 Å². The maximum Gasteiger partial charge on any atom is 0.228 e. The number of hydrogen-bond donors (Lipinski definition) is 0. The van der Waals surface area contributed by atoms with Gasteiger partial charge in [0.25, 0.3) is 0 Å². The van der Waals surface area contributed by atoms with Gasteiger partial charge in [0.2, 0.25) is 5.91 Å². The highest BCUT2D eigenvalue weighted by molar-refractivity contribution is 9.10. The molecule has 1 fully saturated rings. The van der Waals surface area contributed by atoms with Gasteiger partial charge in [0.05, 0.1) is 10.2 Å². The third kappa shape index (κ3) is 2.87. The van der Waals surface area contributed by atoms with Crippen molar-refractivity contribution in [3.8, 4) is 0 Å². The fourth-order valence-corrected chi connectivity index (χ4v) is 3.19. The first kappa shape index (κ1) is 12.6. The van der Waals surface area contributed by atoms with Gasteiger partial charge in [0, 0.05) is 37.5 Å². The average molecular weight is 315 g/mol. The second kappa shape index (κ2) is 5.18. The molecule has 1 unspecified atom stereocenters. The molecule has 1 amide bonds. The second-order valence-electron chi connectivity index (χ2n) is 3.77. The van der Waals surface area contributed by atoms with E-state index in [2.05, 4.69) is 20.9 Å². The summed E-state index contributed by atoms with van der Waals surface area (Å²) in [5.74, 6) is 0.0515. The molecule has 17 heavy (non-hydrogen) atoms. The fourth-order valence-electron chi connectivity index (χ4n) is 1.81. The lowest BCUT2D eigenvalue weighted by atomic mass is 10.3. The van der Waals surface area contributed by atoms with Crippen molar-refractivity contribution in [2.24, 2.45) is 0 Å². The summed E-state index contributed by atoms with van der Waals surface area (Å²) in [6.45, 7) is 2.10. The van der Waals surface area contributed by atoms with Crippen LogP contribution < -0.4 is 4.90 Å². The lowest BCUT2D eigenvalue weighted by Gasteiger charge is -2.17. The highest BCUT2D eigenvalue weighted by atomic mass is 79.9. The molecule has 0 saturated carbocycles. The molecule has 1 aromatic heterocycles. The van der Waals surface area contributed by atoms with E-state index in [-0.39, 0.29) is 16.3 Å². The predicted molar refractivity (Wildman–Crippen MR) is 71.0 cm³/mol. The molecule has 2 heterocycles. The van der Waals surface area contributed by atoms with Crippen molar-refractivity contribution in [3.63, 3.8) is 0 Å². The van der Waals surface area contributed by atoms with E-state index in [9.17, 15) is 9.59 Å². The molecule has 1 saturated heterocycles. The predicted octanol–water partition coefficient (Wildman–Crippen LogP) is 2.23. The van der Waals surface area contributed by atoms with E-state index in [0.29, 0.717) is 13.0 Å². The molecule has 0 bridgehead atoms. The number of hydrogen-bond acceptors (Lipinski definition) is 4. The Balaban J connectivity index is 2.16. The number of carbonyl (C=O) groups is 2. The van der Waals surface area contributed by atoms with Crippen molar-refractivity contribution in [1.29, 1.82) is 0 Å². The minimum absolute atomic E-state index is 0.0515. The third-order valence-corrected chi connectivity index (χ3v) is 4.06. The molecule has 0 radical (unpaired) electrons. The zero-order valence-electron chi connectivity index (χ0n) is 9.22. The summed E-state index contributed by atoms with van der Waals surface area (Å²) in [6.07, 6.45) is 3.73. The van der Waals surface area contributed by atoms with Crippen molar-refractivity contribution < 1.29 is 9.59 Å². The van der Waals surface area contributed by atoms with Gasteiger partial charge < -0.3 is 4.90 Å². The summed E-state index contributed by atoms with van der Waals surface area (Å²) < 4.78 is 0.793. The number of carbonyl (C=O) groups excluding carboxylic acids is 2. The Kier molecular flexibility index (Phi) is 3.83. The Morgan fingerprint density at radius 1 is 1.65 bits per heavy atom. The van der Waals surface area contributed by atoms with Crippen LogP contribution in [0.5, 0.6) is 0 Å². The number of halogens is 1. The number of nitrogens with zero attached hydrogens (tertiary/aromatic N) is 2. The van der Waals surface area contributed by atoms with E-state index < -0.39 is 0 Å². The molecular formula is C11H11BrN2O2S. The van der Waals surface area contributed by atoms with Gasteiger partial charge in [0.15, 0.2) is 5.12 Å². The van der Waals surface area contributed by atoms with E-state index in [1.165, 1.54) is 18.7 Å². The van der Waals surface area contributed by atoms with Crippen LogP contribution in [0.1, 0.15) is 13.3 Å². The fraction of sp³-hybridized carbons (Fsp3) is 0.364. The Morgan fingerprint density at radius 3 is 3.06 bits per heavy atom. The minimum atomic E-state index is 0.0515. The van der Waals surface area contributed by atoms with Gasteiger partial charge in [-0.05, 0) is 22.0 Å². The van der Waals surface area contributed by atoms with Crippen LogP contribution in [0.3, 0.4) is 0 Å². The molecule has 6 heteroatoms. The number of pyridine rings is 1. The summed E-state index contributed by atoms with van der Waals surface area (Å²) in [6, 6.07) is 1.79. The third-order valence-electron chi connectivity index (χ3n) is 2.46. The summed E-state index contributed by atoms with van der Waals surface area (Å²) in [7, 11) is 0. The van der Waals surface area contributed by atoms with Crippen molar-refractivity contribution >= 4 is 44.4 Å². The molecular weight excluding hydrogens is 304 g/mol. The SMILES string of the molecule is CC(=O)SC1CC(=O)N(c2ccncc2Br)C1. The molecule has 4 nitrogen and oxygen atoms in total. The number of aromatic nitrogens is 1. The van der Waals surface area contributed by atoms with Crippen LogP contribution >= 0.6 is 27.7 Å². The highest BCUT2D eigenvalue weighted by Gasteiger charge is 2.32. The summed E-state index contributed by atoms with van der Waals surface area (Å²) >= 11 is 4.61. The monoisotopic (exact) mass is 314 g/mol. The van der Waals surface area contributed by atoms with Gasteiger partial charge in [0.1, 0.15) is 0 Å². The first-order valence-electron chi connectivity index (χ1n) is 5.15. The van der Waals surface area contributed by atoms with Crippen LogP contribution in [0.2, 0.25) is 0 Å². The van der Waals surface area contributed by atoms with E-state index in [1.54, 1.807) is 23.4 Å². The average Bonchev–Trinajstić information content (AvgIpc) is 2.59. The summed E-state index contributed by atoms with van der Waals surface area (Å²) in [5, 5.41) is 0.110. The van der Waals surface area contributed by atoms with E-state index in [1.807, 2.05) is 0 Å². The first-order chi connectivity index (χ1) is 8.08. The van der Waals surface area contributed by atoms with Gasteiger partial charge in [-0.25, -0.2) is 0 Å². The lowest BCUT2D eigenvalue weighted by Crippen LogP contribution is -2.25. The van der Waals surface area contributed by atoms with Gasteiger partial charge in [-0.1, -0.05) is 11.8 Å². The number of anilines is 1. The molecule has 0 N–H and O–H groups in total. The van der Waals surface area contributed by atoms with Crippen LogP contribution in [0, 0.1) is 0 Å². The molecule has 2 rings (SSSR count). The zero-order chi connectivity index (χ0) is 12.4. The summed E-state index contributed by atoms with van der Waals surface area (Å²) in [5.41, 5.74) is 0.816.